The first-order valence-electron chi connectivity index (χ1n) is 24.3. The fourth-order valence-electron chi connectivity index (χ4n) is 10.2. The van der Waals surface area contributed by atoms with E-state index < -0.39 is 40.8 Å². The molecule has 382 valence electrons. The van der Waals surface area contributed by atoms with Crippen molar-refractivity contribution in [3.8, 4) is 11.8 Å². The lowest BCUT2D eigenvalue weighted by atomic mass is 9.82. The number of hydrogen-bond donors (Lipinski definition) is 0. The molecule has 2 amide bonds. The number of carbonyl (C=O) groups excluding carboxylic acids is 3. The molecule has 6 aliphatic rings. The van der Waals surface area contributed by atoms with Crippen molar-refractivity contribution in [3.05, 3.63) is 123 Å². The van der Waals surface area contributed by atoms with Gasteiger partial charge in [0.25, 0.3) is 0 Å². The van der Waals surface area contributed by atoms with Gasteiger partial charge in [-0.1, -0.05) is 18.2 Å². The predicted octanol–water partition coefficient (Wildman–Crippen LogP) is 8.70. The van der Waals surface area contributed by atoms with E-state index in [0.717, 1.165) is 55.4 Å². The molecule has 0 saturated carbocycles. The number of carbonyl (C=O) groups is 3. The van der Waals surface area contributed by atoms with Crippen LogP contribution in [-0.2, 0) is 49.3 Å². The van der Waals surface area contributed by atoms with Crippen molar-refractivity contribution < 1.29 is 46.7 Å². The van der Waals surface area contributed by atoms with Gasteiger partial charge < -0.3 is 23.5 Å². The molecule has 3 saturated heterocycles. The fraction of sp³-hybridized carbons (Fsp3) is 0.426. The average Bonchev–Trinajstić information content (AvgIpc) is 4.22. The van der Waals surface area contributed by atoms with E-state index in [1.54, 1.807) is 54.6 Å². The lowest BCUT2D eigenvalue weighted by Crippen LogP contribution is -2.41. The molecule has 5 aromatic rings. The van der Waals surface area contributed by atoms with Crippen molar-refractivity contribution in [1.82, 2.24) is 19.7 Å². The molecular weight excluding hydrogens is 1000 g/mol. The Hall–Kier alpha value is -6.31. The molecule has 4 aliphatic heterocycles. The number of aromatic nitrogens is 4. The predicted molar refractivity (Wildman–Crippen MR) is 277 cm³/mol. The van der Waals surface area contributed by atoms with Crippen LogP contribution in [0.3, 0.4) is 0 Å². The first-order chi connectivity index (χ1) is 34.5. The zero-order valence-electron chi connectivity index (χ0n) is 42.6. The van der Waals surface area contributed by atoms with Crippen molar-refractivity contribution in [2.24, 2.45) is 15.8 Å². The highest BCUT2D eigenvalue weighted by Gasteiger charge is 2.54. The maximum absolute atomic E-state index is 13.6. The summed E-state index contributed by atoms with van der Waals surface area (Å²) in [6.45, 7) is 15.2. The Morgan fingerprint density at radius 1 is 0.740 bits per heavy atom. The number of benzene rings is 2. The van der Waals surface area contributed by atoms with Crippen LogP contribution in [0.2, 0.25) is 0 Å². The summed E-state index contributed by atoms with van der Waals surface area (Å²) in [5, 5.41) is 4.02. The molecule has 11 rings (SSSR count). The first-order valence-corrected chi connectivity index (χ1v) is 25.1. The van der Waals surface area contributed by atoms with Crippen molar-refractivity contribution >= 4 is 69.8 Å². The minimum absolute atomic E-state index is 0.0630. The van der Waals surface area contributed by atoms with Gasteiger partial charge in [0.1, 0.15) is 28.9 Å². The normalized spacial score (nSPS) is 22.0. The van der Waals surface area contributed by atoms with Crippen molar-refractivity contribution in [3.63, 3.8) is 0 Å². The van der Waals surface area contributed by atoms with Crippen molar-refractivity contribution in [2.45, 2.75) is 104 Å². The molecule has 2 spiro atoms. The van der Waals surface area contributed by atoms with Crippen LogP contribution in [0.25, 0.3) is 5.57 Å². The van der Waals surface area contributed by atoms with Gasteiger partial charge in [0, 0.05) is 48.3 Å². The Kier molecular flexibility index (Phi) is 13.8. The number of halogens is 3. The van der Waals surface area contributed by atoms with Gasteiger partial charge >= 0.3 is 13.2 Å². The van der Waals surface area contributed by atoms with Crippen LogP contribution in [-0.4, -0.2) is 102 Å². The molecule has 15 nitrogen and oxygen atoms in total. The molecule has 2 atom stereocenters. The second kappa shape index (κ2) is 19.5. The summed E-state index contributed by atoms with van der Waals surface area (Å²) < 4.78 is 56.8. The summed E-state index contributed by atoms with van der Waals surface area (Å²) in [6.07, 6.45) is 10.5. The average molecular weight is 1060 g/mol. The van der Waals surface area contributed by atoms with Crippen LogP contribution in [0, 0.1) is 22.5 Å². The van der Waals surface area contributed by atoms with Crippen LogP contribution in [0.4, 0.5) is 25.2 Å². The molecule has 7 heterocycles. The third kappa shape index (κ3) is 10.2. The zero-order valence-corrected chi connectivity index (χ0v) is 44.1. The number of rotatable bonds is 6. The van der Waals surface area contributed by atoms with E-state index in [9.17, 15) is 23.2 Å². The van der Waals surface area contributed by atoms with E-state index in [-0.39, 0.29) is 23.4 Å². The lowest BCUT2D eigenvalue weighted by molar-refractivity contribution is -0.125. The number of pyridine rings is 2. The maximum Gasteiger partial charge on any atom is 0.498 e. The van der Waals surface area contributed by atoms with E-state index in [1.165, 1.54) is 12.1 Å². The number of anilines is 2. The number of hydrogen-bond acceptors (Lipinski definition) is 12. The number of amides is 2. The third-order valence-corrected chi connectivity index (χ3v) is 15.3. The second-order valence-corrected chi connectivity index (χ2v) is 22.2. The monoisotopic (exact) mass is 1060 g/mol. The summed E-state index contributed by atoms with van der Waals surface area (Å²) in [5.74, 6) is 1.78. The van der Waals surface area contributed by atoms with Gasteiger partial charge in [0.2, 0.25) is 23.6 Å². The molecule has 3 fully saturated rings. The first kappa shape index (κ1) is 51.6. The Bertz CT molecular complexity index is 3050. The molecule has 0 radical (unpaired) electrons. The van der Waals surface area contributed by atoms with Crippen molar-refractivity contribution in [2.75, 3.05) is 43.7 Å². The molecular formula is C54H59BBrF2N7O8. The number of ether oxygens (including phenoxy) is 3. The number of nitrogens with zero attached hydrogens (tertiary/aromatic N) is 7. The van der Waals surface area contributed by atoms with Gasteiger partial charge in [-0.05, 0) is 174 Å². The third-order valence-electron chi connectivity index (χ3n) is 14.7. The Morgan fingerprint density at radius 2 is 1.26 bits per heavy atom. The van der Waals surface area contributed by atoms with Crippen LogP contribution in [0.1, 0.15) is 89.1 Å². The Labute approximate surface area is 432 Å². The quantitative estimate of drug-likeness (QED) is 0.150. The molecule has 0 N–H and O–H groups in total. The zero-order chi connectivity index (χ0) is 52.3. The van der Waals surface area contributed by atoms with Crippen LogP contribution < -0.4 is 24.7 Å². The van der Waals surface area contributed by atoms with Gasteiger partial charge in [-0.3, -0.25) is 24.4 Å². The van der Waals surface area contributed by atoms with E-state index >= 15 is 0 Å². The van der Waals surface area contributed by atoms with Crippen LogP contribution in [0.5, 0.6) is 11.8 Å². The van der Waals surface area contributed by atoms with Crippen molar-refractivity contribution in [1.29, 1.82) is 0 Å². The van der Waals surface area contributed by atoms with Crippen LogP contribution in [0.15, 0.2) is 88.6 Å². The summed E-state index contributed by atoms with van der Waals surface area (Å²) in [7, 11) is 2.59. The number of methoxy groups -OCH3 is 2. The molecule has 3 aromatic heterocycles. The summed E-state index contributed by atoms with van der Waals surface area (Å²) in [4.78, 5) is 55.1. The molecule has 2 unspecified atom stereocenters. The van der Waals surface area contributed by atoms with Gasteiger partial charge in [0.15, 0.2) is 0 Å². The topological polar surface area (TPSA) is 160 Å². The highest BCUT2D eigenvalue weighted by molar-refractivity contribution is 9.10. The lowest BCUT2D eigenvalue weighted by Gasteiger charge is -2.32. The number of aliphatic imine (C=N–C) groups is 1. The standard InChI is InChI=1S/C22H20FN3O2.C18H16BrFN2O2.C14H23BN2O4/c1-28-20-18(15-6-8-24-13-15)4-5-19(25-20)26-9-7-22(21(26)27)11-14-2-3-17(23)10-16(14)12-22;1-24-16-14(19)4-5-15(21-16)22-7-6-18(17(22)23)9-11-2-3-13(20)8-12(11)10-18;1-12(2,3)19-11(18)17-9-10(8-16-17)15-20-13(4,5)14(6,7)21-15/h2-6,10,13H,7-9,11-12H2,1H3;2-5,8H,6-7,9-10H2,1H3;8-9H,1-7H3. The number of fused-ring (bicyclic) bond motifs is 2. The Balaban J connectivity index is 0.000000137. The minimum Gasteiger partial charge on any atom is -0.480 e. The molecule has 2 aromatic carbocycles. The van der Waals surface area contributed by atoms with E-state index in [0.29, 0.717) is 74.2 Å². The summed E-state index contributed by atoms with van der Waals surface area (Å²) in [5.41, 5.74) is 4.24. The SMILES string of the molecule is CC(C)(C)OC(=O)n1cc(B2OC(C)(C)C(C)(C)O2)cn1.COc1nc(N2CCC3(Cc4ccc(F)cc4C3)C2=O)ccc1Br.COc1nc(N2CCC3(Cc4ccc(F)cc4C3)C2=O)ccc1C1=CCN=C1. The maximum atomic E-state index is 13.6. The molecule has 0 bridgehead atoms. The number of allylic oxidation sites excluding steroid dienone is 1. The van der Waals surface area contributed by atoms with E-state index in [2.05, 4.69) is 36.0 Å². The van der Waals surface area contributed by atoms with Gasteiger partial charge in [0.05, 0.1) is 47.3 Å². The van der Waals surface area contributed by atoms with Crippen LogP contribution >= 0.6 is 15.9 Å². The van der Waals surface area contributed by atoms with Gasteiger partial charge in [-0.15, -0.1) is 0 Å². The minimum atomic E-state index is -0.562. The van der Waals surface area contributed by atoms with Gasteiger partial charge in [-0.2, -0.15) is 19.7 Å². The second-order valence-electron chi connectivity index (χ2n) is 21.3. The van der Waals surface area contributed by atoms with Gasteiger partial charge in [-0.25, -0.2) is 13.6 Å². The molecule has 19 heteroatoms. The van der Waals surface area contributed by atoms with E-state index in [1.807, 2.05) is 91.1 Å². The highest BCUT2D eigenvalue weighted by Crippen LogP contribution is 2.48. The summed E-state index contributed by atoms with van der Waals surface area (Å²) >= 11 is 3.37. The smallest absolute Gasteiger partial charge is 0.480 e. The molecule has 2 aliphatic carbocycles. The summed E-state index contributed by atoms with van der Waals surface area (Å²) in [6, 6.07) is 17.1. The highest BCUT2D eigenvalue weighted by atomic mass is 79.9. The van der Waals surface area contributed by atoms with E-state index in [4.69, 9.17) is 23.5 Å². The fourth-order valence-corrected chi connectivity index (χ4v) is 10.6. The Morgan fingerprint density at radius 3 is 1.77 bits per heavy atom. The molecule has 73 heavy (non-hydrogen) atoms. The largest absolute Gasteiger partial charge is 0.498 e.